The summed E-state index contributed by atoms with van der Waals surface area (Å²) in [6, 6.07) is 12.6. The number of alkyl carbamates (subject to hydrolysis) is 1. The van der Waals surface area contributed by atoms with E-state index in [-0.39, 0.29) is 18.9 Å². The van der Waals surface area contributed by atoms with Crippen molar-refractivity contribution < 1.29 is 37.4 Å². The van der Waals surface area contributed by atoms with E-state index in [1.54, 1.807) is 6.92 Å². The summed E-state index contributed by atoms with van der Waals surface area (Å²) >= 11 is 0. The molecule has 0 spiro atoms. The minimum Gasteiger partial charge on any atom is -0.481 e. The van der Waals surface area contributed by atoms with Gasteiger partial charge in [-0.2, -0.15) is 13.2 Å². The number of carbonyl (C=O) groups excluding carboxylic acids is 2. The summed E-state index contributed by atoms with van der Waals surface area (Å²) in [4.78, 5) is 35.2. The van der Waals surface area contributed by atoms with Gasteiger partial charge in [-0.3, -0.25) is 9.59 Å². The van der Waals surface area contributed by atoms with E-state index in [0.717, 1.165) is 22.3 Å². The number of rotatable bonds is 10. The average molecular weight is 492 g/mol. The van der Waals surface area contributed by atoms with Crippen molar-refractivity contribution in [1.82, 2.24) is 10.6 Å². The Morgan fingerprint density at radius 1 is 1.00 bits per heavy atom. The van der Waals surface area contributed by atoms with Crippen molar-refractivity contribution in [2.24, 2.45) is 0 Å². The molecule has 2 atom stereocenters. The molecule has 0 bridgehead atoms. The lowest BCUT2D eigenvalue weighted by Crippen LogP contribution is -2.48. The number of amides is 2. The van der Waals surface area contributed by atoms with Crippen molar-refractivity contribution >= 4 is 18.0 Å². The summed E-state index contributed by atoms with van der Waals surface area (Å²) in [5.74, 6) is -2.49. The molecule has 0 saturated carbocycles. The van der Waals surface area contributed by atoms with Gasteiger partial charge in [-0.05, 0) is 35.1 Å². The van der Waals surface area contributed by atoms with Gasteiger partial charge in [0.1, 0.15) is 12.6 Å². The Morgan fingerprint density at radius 2 is 1.57 bits per heavy atom. The van der Waals surface area contributed by atoms with Crippen molar-refractivity contribution in [3.63, 3.8) is 0 Å². The van der Waals surface area contributed by atoms with Crippen LogP contribution in [0.2, 0.25) is 0 Å². The summed E-state index contributed by atoms with van der Waals surface area (Å²) in [6.45, 7) is 1.74. The molecule has 35 heavy (non-hydrogen) atoms. The number of carbonyl (C=O) groups is 3. The van der Waals surface area contributed by atoms with Crippen LogP contribution in [-0.4, -0.2) is 47.9 Å². The number of ether oxygens (including phenoxy) is 1. The van der Waals surface area contributed by atoms with Crippen LogP contribution < -0.4 is 10.6 Å². The van der Waals surface area contributed by atoms with Gasteiger partial charge in [0.05, 0.1) is 0 Å². The molecule has 3 N–H and O–H groups in total. The lowest BCUT2D eigenvalue weighted by atomic mass is 9.98. The average Bonchev–Trinajstić information content (AvgIpc) is 3.13. The molecule has 0 saturated heterocycles. The highest BCUT2D eigenvalue weighted by Crippen LogP contribution is 2.44. The standard InChI is InChI=1S/C25H27F3N2O5/c1-2-15(13-22(31)30-21(25(26,27)28)11-12-23(32)33)29-24(34)35-14-20-18-9-5-3-7-16(18)17-8-4-6-10-19(17)20/h3-10,15,20-21H,2,11-14H2,1H3,(H,29,34)(H,30,31)(H,32,33)/t15?,21-/m0/s1. The van der Waals surface area contributed by atoms with Gasteiger partial charge in [-0.15, -0.1) is 0 Å². The van der Waals surface area contributed by atoms with Crippen molar-refractivity contribution in [3.05, 3.63) is 59.7 Å². The number of nitrogens with one attached hydrogen (secondary N) is 2. The van der Waals surface area contributed by atoms with Crippen LogP contribution in [0.25, 0.3) is 11.1 Å². The number of hydrogen-bond donors (Lipinski definition) is 3. The molecule has 0 aromatic heterocycles. The van der Waals surface area contributed by atoms with Gasteiger partial charge in [-0.1, -0.05) is 55.5 Å². The predicted octanol–water partition coefficient (Wildman–Crippen LogP) is 4.61. The first-order valence-corrected chi connectivity index (χ1v) is 11.3. The van der Waals surface area contributed by atoms with Gasteiger partial charge in [0.15, 0.2) is 0 Å². The van der Waals surface area contributed by atoms with Crippen molar-refractivity contribution in [2.45, 2.75) is 56.8 Å². The van der Waals surface area contributed by atoms with Crippen LogP contribution in [-0.2, 0) is 14.3 Å². The number of alkyl halides is 3. The Bertz CT molecular complexity index is 1030. The van der Waals surface area contributed by atoms with E-state index in [9.17, 15) is 27.6 Å². The van der Waals surface area contributed by atoms with E-state index in [2.05, 4.69) is 5.32 Å². The maximum Gasteiger partial charge on any atom is 0.408 e. The van der Waals surface area contributed by atoms with Crippen molar-refractivity contribution in [3.8, 4) is 11.1 Å². The van der Waals surface area contributed by atoms with E-state index < -0.39 is 55.5 Å². The zero-order valence-electron chi connectivity index (χ0n) is 19.1. The molecule has 2 aromatic carbocycles. The van der Waals surface area contributed by atoms with E-state index >= 15 is 0 Å². The van der Waals surface area contributed by atoms with Gasteiger partial charge in [0, 0.05) is 24.8 Å². The summed E-state index contributed by atoms with van der Waals surface area (Å²) < 4.78 is 44.8. The molecular formula is C25H27F3N2O5. The zero-order valence-corrected chi connectivity index (χ0v) is 19.1. The predicted molar refractivity (Wildman–Crippen MR) is 122 cm³/mol. The fraction of sp³-hybridized carbons (Fsp3) is 0.400. The molecule has 0 radical (unpaired) electrons. The van der Waals surface area contributed by atoms with Crippen LogP contribution in [0.4, 0.5) is 18.0 Å². The number of hydrogen-bond acceptors (Lipinski definition) is 4. The molecule has 0 fully saturated rings. The largest absolute Gasteiger partial charge is 0.481 e. The van der Waals surface area contributed by atoms with Crippen LogP contribution in [0.1, 0.15) is 49.7 Å². The number of carboxylic acids is 1. The molecule has 0 heterocycles. The molecular weight excluding hydrogens is 465 g/mol. The summed E-state index contributed by atoms with van der Waals surface area (Å²) in [5.41, 5.74) is 4.21. The number of benzene rings is 2. The van der Waals surface area contributed by atoms with Crippen LogP contribution in [0.15, 0.2) is 48.5 Å². The highest BCUT2D eigenvalue weighted by molar-refractivity contribution is 5.80. The third kappa shape index (κ3) is 6.74. The molecule has 188 valence electrons. The Balaban J connectivity index is 1.55. The Labute approximate surface area is 200 Å². The second kappa shape index (κ2) is 11.2. The molecule has 1 aliphatic carbocycles. The molecule has 1 unspecified atom stereocenters. The fourth-order valence-corrected chi connectivity index (χ4v) is 4.17. The number of carboxylic acid groups (broad SMARTS) is 1. The van der Waals surface area contributed by atoms with Gasteiger partial charge in [0.2, 0.25) is 5.91 Å². The molecule has 3 rings (SSSR count). The lowest BCUT2D eigenvalue weighted by molar-refractivity contribution is -0.164. The number of fused-ring (bicyclic) bond motifs is 3. The van der Waals surface area contributed by atoms with Crippen molar-refractivity contribution in [2.75, 3.05) is 6.61 Å². The van der Waals surface area contributed by atoms with E-state index in [4.69, 9.17) is 9.84 Å². The highest BCUT2D eigenvalue weighted by atomic mass is 19.4. The van der Waals surface area contributed by atoms with E-state index in [0.29, 0.717) is 0 Å². The second-order valence-corrected chi connectivity index (χ2v) is 8.37. The Morgan fingerprint density at radius 3 is 2.09 bits per heavy atom. The van der Waals surface area contributed by atoms with Crippen LogP contribution >= 0.6 is 0 Å². The SMILES string of the molecule is CCC(CC(=O)N[C@@H](CCC(=O)O)C(F)(F)F)NC(=O)OCC1c2ccccc2-c2ccccc21. The van der Waals surface area contributed by atoms with Crippen LogP contribution in [0.5, 0.6) is 0 Å². The zero-order chi connectivity index (χ0) is 25.6. The normalized spacial score (nSPS) is 14.4. The minimum atomic E-state index is -4.78. The molecule has 0 aliphatic heterocycles. The maximum absolute atomic E-state index is 13.1. The van der Waals surface area contributed by atoms with Gasteiger partial charge < -0.3 is 20.5 Å². The van der Waals surface area contributed by atoms with Gasteiger partial charge >= 0.3 is 18.2 Å². The number of aliphatic carboxylic acids is 1. The third-order valence-corrected chi connectivity index (χ3v) is 5.97. The third-order valence-electron chi connectivity index (χ3n) is 5.97. The van der Waals surface area contributed by atoms with Gasteiger partial charge in [-0.25, -0.2) is 4.79 Å². The fourth-order valence-electron chi connectivity index (χ4n) is 4.17. The minimum absolute atomic E-state index is 0.0633. The molecule has 2 amide bonds. The topological polar surface area (TPSA) is 105 Å². The summed E-state index contributed by atoms with van der Waals surface area (Å²) in [7, 11) is 0. The van der Waals surface area contributed by atoms with Crippen LogP contribution in [0, 0.1) is 0 Å². The first kappa shape index (κ1) is 26.1. The Kier molecular flexibility index (Phi) is 8.37. The molecule has 10 heteroatoms. The smallest absolute Gasteiger partial charge is 0.408 e. The van der Waals surface area contributed by atoms with E-state index in [1.807, 2.05) is 53.8 Å². The number of halogens is 3. The highest BCUT2D eigenvalue weighted by Gasteiger charge is 2.40. The van der Waals surface area contributed by atoms with E-state index in [1.165, 1.54) is 0 Å². The first-order valence-electron chi connectivity index (χ1n) is 11.3. The van der Waals surface area contributed by atoms with Crippen molar-refractivity contribution in [1.29, 1.82) is 0 Å². The summed E-state index contributed by atoms with van der Waals surface area (Å²) in [5, 5.41) is 13.0. The monoisotopic (exact) mass is 492 g/mol. The lowest BCUT2D eigenvalue weighted by Gasteiger charge is -2.23. The molecule has 7 nitrogen and oxygen atoms in total. The van der Waals surface area contributed by atoms with Gasteiger partial charge in [0.25, 0.3) is 0 Å². The van der Waals surface area contributed by atoms with Crippen LogP contribution in [0.3, 0.4) is 0 Å². The summed E-state index contributed by atoms with van der Waals surface area (Å²) in [6.07, 6.45) is -7.19. The second-order valence-electron chi connectivity index (χ2n) is 8.37. The Hall–Kier alpha value is -3.56. The molecule has 1 aliphatic rings. The molecule has 2 aromatic rings. The quantitative estimate of drug-likeness (QED) is 0.450. The first-order chi connectivity index (χ1) is 16.6. The maximum atomic E-state index is 13.1.